The topological polar surface area (TPSA) is 81.3 Å². The van der Waals surface area contributed by atoms with E-state index in [4.69, 9.17) is 4.74 Å². The van der Waals surface area contributed by atoms with Crippen LogP contribution in [-0.2, 0) is 16.1 Å². The van der Waals surface area contributed by atoms with Gasteiger partial charge in [0.15, 0.2) is 0 Å². The highest BCUT2D eigenvalue weighted by Gasteiger charge is 2.16. The standard InChI is InChI=1S/C15H18N2O4/c1-15(2,3)21-8-11-16-10-7-5-6-9(14(19)20-4)12(10)13(18)17-11/h5-7H,8H2,1-4H3,(H,16,17,18). The molecule has 0 radical (unpaired) electrons. The molecule has 1 N–H and O–H groups in total. The van der Waals surface area contributed by atoms with Crippen LogP contribution in [0, 0.1) is 0 Å². The normalized spacial score (nSPS) is 11.6. The van der Waals surface area contributed by atoms with E-state index < -0.39 is 5.97 Å². The van der Waals surface area contributed by atoms with E-state index in [1.807, 2.05) is 20.8 Å². The Bertz CT molecular complexity index is 729. The number of aromatic amines is 1. The van der Waals surface area contributed by atoms with Crippen molar-refractivity contribution in [2.45, 2.75) is 33.0 Å². The first kappa shape index (κ1) is 15.2. The minimum absolute atomic E-state index is 0.192. The van der Waals surface area contributed by atoms with E-state index in [1.54, 1.807) is 12.1 Å². The van der Waals surface area contributed by atoms with Crippen LogP contribution in [0.3, 0.4) is 0 Å². The number of rotatable bonds is 3. The van der Waals surface area contributed by atoms with Crippen molar-refractivity contribution in [2.24, 2.45) is 0 Å². The third kappa shape index (κ3) is 3.46. The molecular weight excluding hydrogens is 272 g/mol. The molecule has 1 heterocycles. The minimum atomic E-state index is -0.563. The lowest BCUT2D eigenvalue weighted by molar-refractivity contribution is -0.0180. The van der Waals surface area contributed by atoms with Gasteiger partial charge >= 0.3 is 5.97 Å². The maximum atomic E-state index is 12.2. The molecule has 0 unspecified atom stereocenters. The highest BCUT2D eigenvalue weighted by Crippen LogP contribution is 2.15. The van der Waals surface area contributed by atoms with Crippen LogP contribution in [0.5, 0.6) is 0 Å². The second-order valence-electron chi connectivity index (χ2n) is 5.60. The number of hydrogen-bond acceptors (Lipinski definition) is 5. The van der Waals surface area contributed by atoms with Crippen molar-refractivity contribution in [2.75, 3.05) is 7.11 Å². The van der Waals surface area contributed by atoms with Crippen LogP contribution in [0.4, 0.5) is 0 Å². The highest BCUT2D eigenvalue weighted by atomic mass is 16.5. The number of hydrogen-bond donors (Lipinski definition) is 1. The number of H-pyrrole nitrogens is 1. The molecule has 21 heavy (non-hydrogen) atoms. The van der Waals surface area contributed by atoms with E-state index in [1.165, 1.54) is 13.2 Å². The van der Waals surface area contributed by atoms with E-state index in [9.17, 15) is 9.59 Å². The van der Waals surface area contributed by atoms with Crippen LogP contribution in [0.25, 0.3) is 10.9 Å². The SMILES string of the molecule is COC(=O)c1cccc2nc(COC(C)(C)C)[nH]c(=O)c12. The van der Waals surface area contributed by atoms with Crippen molar-refractivity contribution < 1.29 is 14.3 Å². The van der Waals surface area contributed by atoms with Crippen molar-refractivity contribution in [3.63, 3.8) is 0 Å². The summed E-state index contributed by atoms with van der Waals surface area (Å²) in [4.78, 5) is 30.9. The zero-order chi connectivity index (χ0) is 15.6. The fourth-order valence-corrected chi connectivity index (χ4v) is 1.87. The Morgan fingerprint density at radius 2 is 2.05 bits per heavy atom. The van der Waals surface area contributed by atoms with Gasteiger partial charge in [0.25, 0.3) is 5.56 Å². The maximum Gasteiger partial charge on any atom is 0.338 e. The molecule has 0 atom stereocenters. The van der Waals surface area contributed by atoms with Gasteiger partial charge < -0.3 is 14.5 Å². The molecule has 0 fully saturated rings. The number of methoxy groups -OCH3 is 1. The number of nitrogens with zero attached hydrogens (tertiary/aromatic N) is 1. The van der Waals surface area contributed by atoms with Crippen molar-refractivity contribution in [3.05, 3.63) is 39.9 Å². The lowest BCUT2D eigenvalue weighted by Crippen LogP contribution is -2.22. The van der Waals surface area contributed by atoms with Gasteiger partial charge in [-0.3, -0.25) is 4.79 Å². The number of carbonyl (C=O) groups is 1. The molecule has 1 aromatic heterocycles. The summed E-state index contributed by atoms with van der Waals surface area (Å²) >= 11 is 0. The Balaban J connectivity index is 2.48. The summed E-state index contributed by atoms with van der Waals surface area (Å²) in [5.74, 6) is -0.143. The first-order valence-corrected chi connectivity index (χ1v) is 6.56. The molecule has 6 heteroatoms. The summed E-state index contributed by atoms with van der Waals surface area (Å²) < 4.78 is 10.3. The zero-order valence-corrected chi connectivity index (χ0v) is 12.5. The van der Waals surface area contributed by atoms with E-state index in [2.05, 4.69) is 14.7 Å². The van der Waals surface area contributed by atoms with Gasteiger partial charge in [0.05, 0.1) is 29.2 Å². The summed E-state index contributed by atoms with van der Waals surface area (Å²) in [5.41, 5.74) is -0.0730. The van der Waals surface area contributed by atoms with Gasteiger partial charge in [-0.2, -0.15) is 0 Å². The van der Waals surface area contributed by atoms with Gasteiger partial charge in [-0.05, 0) is 32.9 Å². The minimum Gasteiger partial charge on any atom is -0.465 e. The molecule has 0 aliphatic carbocycles. The van der Waals surface area contributed by atoms with Crippen LogP contribution < -0.4 is 5.56 Å². The van der Waals surface area contributed by atoms with E-state index >= 15 is 0 Å². The van der Waals surface area contributed by atoms with Gasteiger partial charge in [-0.15, -0.1) is 0 Å². The fourth-order valence-electron chi connectivity index (χ4n) is 1.87. The molecular formula is C15H18N2O4. The molecule has 6 nitrogen and oxygen atoms in total. The molecule has 112 valence electrons. The number of nitrogens with one attached hydrogen (secondary N) is 1. The van der Waals surface area contributed by atoms with Gasteiger partial charge in [0, 0.05) is 0 Å². The van der Waals surface area contributed by atoms with Gasteiger partial charge in [0.1, 0.15) is 12.4 Å². The van der Waals surface area contributed by atoms with Crippen LogP contribution >= 0.6 is 0 Å². The maximum absolute atomic E-state index is 12.2. The summed E-state index contributed by atoms with van der Waals surface area (Å²) in [6, 6.07) is 4.88. The molecule has 0 saturated carbocycles. The number of benzene rings is 1. The van der Waals surface area contributed by atoms with Crippen molar-refractivity contribution >= 4 is 16.9 Å². The Hall–Kier alpha value is -2.21. The van der Waals surface area contributed by atoms with Crippen LogP contribution in [0.1, 0.15) is 37.0 Å². The second-order valence-corrected chi connectivity index (χ2v) is 5.60. The highest BCUT2D eigenvalue weighted by molar-refractivity contribution is 6.02. The Morgan fingerprint density at radius 3 is 2.67 bits per heavy atom. The predicted molar refractivity (Wildman–Crippen MR) is 78.2 cm³/mol. The number of aromatic nitrogens is 2. The summed E-state index contributed by atoms with van der Waals surface area (Å²) in [6.45, 7) is 5.95. The van der Waals surface area contributed by atoms with Gasteiger partial charge in [-0.25, -0.2) is 9.78 Å². The summed E-state index contributed by atoms with van der Waals surface area (Å²) in [5, 5.41) is 0.226. The lowest BCUT2D eigenvalue weighted by Gasteiger charge is -2.19. The zero-order valence-electron chi connectivity index (χ0n) is 12.5. The van der Waals surface area contributed by atoms with Crippen molar-refractivity contribution in [3.8, 4) is 0 Å². The average Bonchev–Trinajstić information content (AvgIpc) is 2.43. The first-order chi connectivity index (χ1) is 9.81. The molecule has 0 aliphatic heterocycles. The van der Waals surface area contributed by atoms with Crippen LogP contribution in [0.15, 0.2) is 23.0 Å². The number of fused-ring (bicyclic) bond motifs is 1. The molecule has 0 amide bonds. The third-order valence-corrected chi connectivity index (χ3v) is 2.83. The fraction of sp³-hybridized carbons (Fsp3) is 0.400. The van der Waals surface area contributed by atoms with Gasteiger partial charge in [0.2, 0.25) is 0 Å². The first-order valence-electron chi connectivity index (χ1n) is 6.56. The molecule has 1 aromatic carbocycles. The summed E-state index contributed by atoms with van der Waals surface area (Å²) in [7, 11) is 1.27. The number of carbonyl (C=O) groups excluding carboxylic acids is 1. The smallest absolute Gasteiger partial charge is 0.338 e. The molecule has 0 spiro atoms. The molecule has 0 aliphatic rings. The van der Waals surface area contributed by atoms with E-state index in [0.717, 1.165) is 0 Å². The monoisotopic (exact) mass is 290 g/mol. The van der Waals surface area contributed by atoms with Crippen LogP contribution in [0.2, 0.25) is 0 Å². The molecule has 0 bridgehead atoms. The van der Waals surface area contributed by atoms with E-state index in [-0.39, 0.29) is 28.7 Å². The second kappa shape index (κ2) is 5.65. The van der Waals surface area contributed by atoms with Gasteiger partial charge in [-0.1, -0.05) is 6.07 Å². The number of esters is 1. The Morgan fingerprint density at radius 1 is 1.33 bits per heavy atom. The summed E-state index contributed by atoms with van der Waals surface area (Å²) in [6.07, 6.45) is 0. The van der Waals surface area contributed by atoms with Crippen molar-refractivity contribution in [1.82, 2.24) is 9.97 Å². The molecule has 0 saturated heterocycles. The molecule has 2 aromatic rings. The van der Waals surface area contributed by atoms with E-state index in [0.29, 0.717) is 11.3 Å². The lowest BCUT2D eigenvalue weighted by atomic mass is 10.1. The Labute approximate surface area is 122 Å². The number of ether oxygens (including phenoxy) is 2. The molecule has 2 rings (SSSR count). The largest absolute Gasteiger partial charge is 0.465 e. The Kier molecular flexibility index (Phi) is 4.09. The third-order valence-electron chi connectivity index (χ3n) is 2.83. The van der Waals surface area contributed by atoms with Crippen LogP contribution in [-0.4, -0.2) is 28.6 Å². The van der Waals surface area contributed by atoms with Crippen molar-refractivity contribution in [1.29, 1.82) is 0 Å². The quantitative estimate of drug-likeness (QED) is 0.875. The average molecular weight is 290 g/mol. The predicted octanol–water partition coefficient (Wildman–Crippen LogP) is 2.02.